The van der Waals surface area contributed by atoms with Gasteiger partial charge in [0.1, 0.15) is 11.5 Å². The van der Waals surface area contributed by atoms with Crippen LogP contribution >= 0.6 is 0 Å². The van der Waals surface area contributed by atoms with Gasteiger partial charge in [0.2, 0.25) is 0 Å². The monoisotopic (exact) mass is 305 g/mol. The summed E-state index contributed by atoms with van der Waals surface area (Å²) in [4.78, 5) is 0.231. The normalized spacial score (nSPS) is 13.4. The smallest absolute Gasteiger partial charge is 0.261 e. The minimum atomic E-state index is -3.62. The van der Waals surface area contributed by atoms with Crippen LogP contribution in [0.15, 0.2) is 47.4 Å². The van der Waals surface area contributed by atoms with Crippen molar-refractivity contribution in [3.05, 3.63) is 48.0 Å². The first-order chi connectivity index (χ1) is 10.1. The molecule has 0 unspecified atom stereocenters. The van der Waals surface area contributed by atoms with E-state index in [-0.39, 0.29) is 4.90 Å². The number of hydrogen-bond acceptors (Lipinski definition) is 4. The van der Waals surface area contributed by atoms with Gasteiger partial charge in [-0.1, -0.05) is 6.07 Å². The predicted octanol–water partition coefficient (Wildman–Crippen LogP) is 2.43. The third-order valence-electron chi connectivity index (χ3n) is 3.29. The molecule has 0 atom stereocenters. The van der Waals surface area contributed by atoms with Crippen molar-refractivity contribution in [1.82, 2.24) is 0 Å². The highest BCUT2D eigenvalue weighted by Crippen LogP contribution is 2.28. The van der Waals surface area contributed by atoms with Gasteiger partial charge in [0.05, 0.1) is 24.3 Å². The molecule has 110 valence electrons. The van der Waals surface area contributed by atoms with E-state index in [1.54, 1.807) is 42.5 Å². The SMILES string of the molecule is COc1cccc(NS(=O)(=O)c2ccc3c(c2)CCO3)c1. The quantitative estimate of drug-likeness (QED) is 0.942. The Bertz CT molecular complexity index is 771. The van der Waals surface area contributed by atoms with E-state index >= 15 is 0 Å². The maximum Gasteiger partial charge on any atom is 0.261 e. The van der Waals surface area contributed by atoms with Crippen molar-refractivity contribution in [3.63, 3.8) is 0 Å². The number of sulfonamides is 1. The molecular weight excluding hydrogens is 290 g/mol. The summed E-state index contributed by atoms with van der Waals surface area (Å²) >= 11 is 0. The summed E-state index contributed by atoms with van der Waals surface area (Å²) < 4.78 is 37.8. The molecule has 1 aliphatic rings. The lowest BCUT2D eigenvalue weighted by atomic mass is 10.2. The number of rotatable bonds is 4. The van der Waals surface area contributed by atoms with Crippen molar-refractivity contribution >= 4 is 15.7 Å². The predicted molar refractivity (Wildman–Crippen MR) is 79.4 cm³/mol. The molecule has 0 radical (unpaired) electrons. The van der Waals surface area contributed by atoms with Gasteiger partial charge in [0.25, 0.3) is 10.0 Å². The number of nitrogens with one attached hydrogen (secondary N) is 1. The Morgan fingerprint density at radius 2 is 2.05 bits per heavy atom. The Balaban J connectivity index is 1.89. The second kappa shape index (κ2) is 5.29. The van der Waals surface area contributed by atoms with Crippen LogP contribution in [0.2, 0.25) is 0 Å². The molecule has 2 aromatic carbocycles. The Kier molecular flexibility index (Phi) is 3.47. The highest BCUT2D eigenvalue weighted by atomic mass is 32.2. The van der Waals surface area contributed by atoms with Crippen molar-refractivity contribution in [1.29, 1.82) is 0 Å². The molecule has 21 heavy (non-hydrogen) atoms. The van der Waals surface area contributed by atoms with Crippen molar-refractivity contribution in [2.75, 3.05) is 18.4 Å². The number of benzene rings is 2. The number of anilines is 1. The number of ether oxygens (including phenoxy) is 2. The van der Waals surface area contributed by atoms with Gasteiger partial charge in [-0.2, -0.15) is 0 Å². The zero-order valence-electron chi connectivity index (χ0n) is 11.5. The van der Waals surface area contributed by atoms with E-state index in [1.807, 2.05) is 0 Å². The fraction of sp³-hybridized carbons (Fsp3) is 0.200. The lowest BCUT2D eigenvalue weighted by Crippen LogP contribution is -2.13. The Morgan fingerprint density at radius 1 is 1.19 bits per heavy atom. The second-order valence-electron chi connectivity index (χ2n) is 4.71. The molecule has 2 aromatic rings. The van der Waals surface area contributed by atoms with Crippen LogP contribution in [0.4, 0.5) is 5.69 Å². The second-order valence-corrected chi connectivity index (χ2v) is 6.39. The minimum absolute atomic E-state index is 0.231. The van der Waals surface area contributed by atoms with Crippen LogP contribution < -0.4 is 14.2 Å². The molecule has 0 aromatic heterocycles. The summed E-state index contributed by atoms with van der Waals surface area (Å²) in [5.74, 6) is 1.35. The molecular formula is C15H15NO4S. The van der Waals surface area contributed by atoms with Crippen LogP contribution in [0, 0.1) is 0 Å². The van der Waals surface area contributed by atoms with Crippen molar-refractivity contribution in [2.24, 2.45) is 0 Å². The molecule has 0 fully saturated rings. The topological polar surface area (TPSA) is 64.6 Å². The Labute approximate surface area is 123 Å². The van der Waals surface area contributed by atoms with Gasteiger partial charge in [-0.3, -0.25) is 4.72 Å². The first-order valence-electron chi connectivity index (χ1n) is 6.51. The highest BCUT2D eigenvalue weighted by molar-refractivity contribution is 7.92. The van der Waals surface area contributed by atoms with Crippen LogP contribution in [0.25, 0.3) is 0 Å². The molecule has 1 N–H and O–H groups in total. The van der Waals surface area contributed by atoms with Crippen molar-refractivity contribution < 1.29 is 17.9 Å². The van der Waals surface area contributed by atoms with Gasteiger partial charge < -0.3 is 9.47 Å². The molecule has 0 saturated carbocycles. The van der Waals surface area contributed by atoms with Gasteiger partial charge in [-0.25, -0.2) is 8.42 Å². The summed E-state index contributed by atoms with van der Waals surface area (Å²) in [6.45, 7) is 0.599. The van der Waals surface area contributed by atoms with Gasteiger partial charge in [0.15, 0.2) is 0 Å². The zero-order chi connectivity index (χ0) is 14.9. The van der Waals surface area contributed by atoms with Gasteiger partial charge >= 0.3 is 0 Å². The average molecular weight is 305 g/mol. The van der Waals surface area contributed by atoms with E-state index < -0.39 is 10.0 Å². The lowest BCUT2D eigenvalue weighted by Gasteiger charge is -2.10. The summed E-state index contributed by atoms with van der Waals surface area (Å²) in [7, 11) is -2.09. The standard InChI is InChI=1S/C15H15NO4S/c1-19-13-4-2-3-12(10-13)16-21(17,18)14-5-6-15-11(9-14)7-8-20-15/h2-6,9-10,16H,7-8H2,1H3. The molecule has 3 rings (SSSR count). The average Bonchev–Trinajstić information content (AvgIpc) is 2.94. The first kappa shape index (κ1) is 13.8. The van der Waals surface area contributed by atoms with Crippen LogP contribution in [-0.2, 0) is 16.4 Å². The fourth-order valence-corrected chi connectivity index (χ4v) is 3.33. The van der Waals surface area contributed by atoms with E-state index in [0.29, 0.717) is 18.0 Å². The number of methoxy groups -OCH3 is 1. The molecule has 1 heterocycles. The number of hydrogen-bond donors (Lipinski definition) is 1. The Hall–Kier alpha value is -2.21. The summed E-state index contributed by atoms with van der Waals surface area (Å²) in [6.07, 6.45) is 0.734. The third kappa shape index (κ3) is 2.80. The summed E-state index contributed by atoms with van der Waals surface area (Å²) in [6, 6.07) is 11.7. The molecule has 5 nitrogen and oxygen atoms in total. The van der Waals surface area contributed by atoms with Crippen LogP contribution in [-0.4, -0.2) is 22.1 Å². The van der Waals surface area contributed by atoms with Crippen LogP contribution in [0.5, 0.6) is 11.5 Å². The van der Waals surface area contributed by atoms with E-state index in [4.69, 9.17) is 9.47 Å². The largest absolute Gasteiger partial charge is 0.497 e. The molecule has 0 spiro atoms. The minimum Gasteiger partial charge on any atom is -0.497 e. The lowest BCUT2D eigenvalue weighted by molar-refractivity contribution is 0.356. The van der Waals surface area contributed by atoms with Gasteiger partial charge in [-0.15, -0.1) is 0 Å². The van der Waals surface area contributed by atoms with Crippen molar-refractivity contribution in [2.45, 2.75) is 11.3 Å². The fourth-order valence-electron chi connectivity index (χ4n) is 2.23. The van der Waals surface area contributed by atoms with Crippen LogP contribution in [0.3, 0.4) is 0 Å². The van der Waals surface area contributed by atoms with E-state index in [2.05, 4.69) is 4.72 Å². The third-order valence-corrected chi connectivity index (χ3v) is 4.67. The maximum absolute atomic E-state index is 12.4. The molecule has 0 amide bonds. The van der Waals surface area contributed by atoms with E-state index in [0.717, 1.165) is 17.7 Å². The van der Waals surface area contributed by atoms with E-state index in [9.17, 15) is 8.42 Å². The molecule has 0 aliphatic carbocycles. The maximum atomic E-state index is 12.4. The zero-order valence-corrected chi connectivity index (χ0v) is 12.3. The van der Waals surface area contributed by atoms with Crippen molar-refractivity contribution in [3.8, 4) is 11.5 Å². The van der Waals surface area contributed by atoms with E-state index in [1.165, 1.54) is 7.11 Å². The first-order valence-corrected chi connectivity index (χ1v) is 7.99. The Morgan fingerprint density at radius 3 is 2.86 bits per heavy atom. The van der Waals surface area contributed by atoms with Gasteiger partial charge in [0, 0.05) is 12.5 Å². The molecule has 0 saturated heterocycles. The number of fused-ring (bicyclic) bond motifs is 1. The summed E-state index contributed by atoms with van der Waals surface area (Å²) in [5, 5.41) is 0. The summed E-state index contributed by atoms with van der Waals surface area (Å²) in [5.41, 5.74) is 1.38. The van der Waals surface area contributed by atoms with Gasteiger partial charge in [-0.05, 0) is 35.9 Å². The molecule has 0 bridgehead atoms. The van der Waals surface area contributed by atoms with Crippen LogP contribution in [0.1, 0.15) is 5.56 Å². The molecule has 6 heteroatoms. The highest BCUT2D eigenvalue weighted by Gasteiger charge is 2.19. The molecule has 1 aliphatic heterocycles.